The van der Waals surface area contributed by atoms with E-state index in [1.807, 2.05) is 16.7 Å². The number of amides is 2. The largest absolute Gasteiger partial charge is 0.478 e. The van der Waals surface area contributed by atoms with Crippen molar-refractivity contribution in [1.82, 2.24) is 20.2 Å². The van der Waals surface area contributed by atoms with Crippen molar-refractivity contribution in [2.45, 2.75) is 31.0 Å². The monoisotopic (exact) mass is 618 g/mol. The number of aromatic nitrogens is 3. The Hall–Kier alpha value is -4.28. The van der Waals surface area contributed by atoms with Crippen molar-refractivity contribution < 1.29 is 38.8 Å². The Morgan fingerprint density at radius 3 is 2.80 bits per heavy atom. The first-order valence-electron chi connectivity index (χ1n) is 11.9. The van der Waals surface area contributed by atoms with Crippen molar-refractivity contribution >= 4 is 80.3 Å². The molecule has 17 heteroatoms. The van der Waals surface area contributed by atoms with Crippen LogP contribution in [-0.2, 0) is 30.6 Å². The summed E-state index contributed by atoms with van der Waals surface area (Å²) >= 11 is 8.30. The maximum Gasteiger partial charge on any atom is 0.352 e. The Morgan fingerprint density at radius 1 is 1.34 bits per heavy atom. The van der Waals surface area contributed by atoms with Crippen LogP contribution in [0.4, 0.5) is 5.13 Å². The molecule has 0 aromatic carbocycles. The highest BCUT2D eigenvalue weighted by molar-refractivity contribution is 8.00. The highest BCUT2D eigenvalue weighted by atomic mass is 35.5. The van der Waals surface area contributed by atoms with Gasteiger partial charge in [-0.15, -0.1) is 11.8 Å². The van der Waals surface area contributed by atoms with Crippen LogP contribution in [0, 0.1) is 0 Å². The molecule has 5 N–H and O–H groups in total. The molecule has 5 rings (SSSR count). The predicted molar refractivity (Wildman–Crippen MR) is 148 cm³/mol. The second kappa shape index (κ2) is 11.3. The summed E-state index contributed by atoms with van der Waals surface area (Å²) in [5, 5.41) is 24.6. The number of thioether (sulfide) groups is 1. The second-order valence-electron chi connectivity index (χ2n) is 8.86. The number of nitrogens with one attached hydrogen (secondary N) is 1. The molecule has 0 radical (unpaired) electrons. The van der Waals surface area contributed by atoms with E-state index >= 15 is 0 Å². The molecule has 0 spiro atoms. The van der Waals surface area contributed by atoms with Gasteiger partial charge < -0.3 is 26.1 Å². The molecule has 2 amide bonds. The van der Waals surface area contributed by atoms with E-state index in [-0.39, 0.29) is 33.2 Å². The first kappa shape index (κ1) is 28.3. The number of hydrogen-bond donors (Lipinski definition) is 4. The first-order valence-corrected chi connectivity index (χ1v) is 14.1. The molecule has 0 aliphatic carbocycles. The molecule has 212 valence electrons. The minimum Gasteiger partial charge on any atom is -0.478 e. The third kappa shape index (κ3) is 5.40. The minimum absolute atomic E-state index is 0.00143. The molecule has 14 nitrogen and oxygen atoms in total. The summed E-state index contributed by atoms with van der Waals surface area (Å²) < 4.78 is 1.85. The summed E-state index contributed by atoms with van der Waals surface area (Å²) in [5.74, 6) is -3.90. The van der Waals surface area contributed by atoms with Gasteiger partial charge >= 0.3 is 11.9 Å². The van der Waals surface area contributed by atoms with Crippen LogP contribution in [0.2, 0.25) is 4.34 Å². The standard InChI is InChI=1S/C24H20ClN7O7S2/c1-10(22(35)36)39-30-15(14-18(25)41-24(26)29-14)19(33)28-16-20(34)32-17(23(37)38)11(9-40-21(16)32)8-31-7-3-4-12-13(31)5-2-6-27-12/h2-7,10,16,21H,8-9H2,1H3,(H4-,26,28,29,33,35,36,37,38)/p+1/b30-15-/t10-,16?,21+/m0/s1. The summed E-state index contributed by atoms with van der Waals surface area (Å²) in [6.07, 6.45) is 2.06. The Balaban J connectivity index is 1.39. The SMILES string of the molecule is C[C@H](O/N=C(\C(=O)NC1C(=O)N2C(C(=O)O)=C(C[n+]3cccc4ncccc43)CS[C@H]12)c1nc(N)sc1Cl)C(=O)O. The van der Waals surface area contributed by atoms with Gasteiger partial charge in [0.25, 0.3) is 11.8 Å². The zero-order valence-electron chi connectivity index (χ0n) is 21.1. The lowest BCUT2D eigenvalue weighted by atomic mass is 10.0. The lowest BCUT2D eigenvalue weighted by molar-refractivity contribution is -0.663. The molecular weight excluding hydrogens is 598 g/mol. The Labute approximate surface area is 244 Å². The average molecular weight is 619 g/mol. The van der Waals surface area contributed by atoms with Gasteiger partial charge in [0.2, 0.25) is 11.6 Å². The van der Waals surface area contributed by atoms with Crippen LogP contribution in [0.5, 0.6) is 0 Å². The van der Waals surface area contributed by atoms with Crippen molar-refractivity contribution in [3.05, 3.63) is 58.0 Å². The molecule has 5 heterocycles. The van der Waals surface area contributed by atoms with Crippen molar-refractivity contribution in [3.8, 4) is 0 Å². The summed E-state index contributed by atoms with van der Waals surface area (Å²) in [4.78, 5) is 64.3. The van der Waals surface area contributed by atoms with Crippen LogP contribution >= 0.6 is 34.7 Å². The topological polar surface area (TPSA) is 201 Å². The molecule has 3 aromatic heterocycles. The number of rotatable bonds is 9. The number of carboxylic acids is 2. The number of halogens is 1. The van der Waals surface area contributed by atoms with Gasteiger partial charge in [-0.1, -0.05) is 28.1 Å². The molecule has 0 saturated carbocycles. The number of nitrogens with two attached hydrogens (primary N) is 1. The molecule has 1 fully saturated rings. The van der Waals surface area contributed by atoms with Gasteiger partial charge in [0.15, 0.2) is 23.6 Å². The number of anilines is 1. The number of hydrogen-bond acceptors (Lipinski definition) is 11. The van der Waals surface area contributed by atoms with Crippen LogP contribution in [0.1, 0.15) is 12.6 Å². The van der Waals surface area contributed by atoms with E-state index in [1.165, 1.54) is 18.7 Å². The van der Waals surface area contributed by atoms with Gasteiger partial charge in [0.05, 0.1) is 0 Å². The number of thiazole rings is 1. The number of oxime groups is 1. The predicted octanol–water partition coefficient (Wildman–Crippen LogP) is 0.847. The van der Waals surface area contributed by atoms with Crippen LogP contribution < -0.4 is 15.6 Å². The van der Waals surface area contributed by atoms with Crippen LogP contribution in [0.25, 0.3) is 11.0 Å². The quantitative estimate of drug-likeness (QED) is 0.115. The lowest BCUT2D eigenvalue weighted by Crippen LogP contribution is -2.71. The fourth-order valence-corrected chi connectivity index (χ4v) is 6.55. The van der Waals surface area contributed by atoms with E-state index < -0.39 is 47.0 Å². The van der Waals surface area contributed by atoms with Gasteiger partial charge in [-0.3, -0.25) is 14.5 Å². The number of pyridine rings is 2. The molecular formula is C24H21ClN7O7S2+. The number of fused-ring (bicyclic) bond motifs is 2. The van der Waals surface area contributed by atoms with Crippen molar-refractivity contribution in [3.63, 3.8) is 0 Å². The van der Waals surface area contributed by atoms with E-state index in [0.717, 1.165) is 27.3 Å². The highest BCUT2D eigenvalue weighted by Crippen LogP contribution is 2.40. The Morgan fingerprint density at radius 2 is 2.12 bits per heavy atom. The number of nitrogens with zero attached hydrogens (tertiary/aromatic N) is 5. The lowest BCUT2D eigenvalue weighted by Gasteiger charge is -2.49. The fourth-order valence-electron chi connectivity index (χ4n) is 4.29. The molecule has 3 aromatic rings. The molecule has 41 heavy (non-hydrogen) atoms. The third-order valence-electron chi connectivity index (χ3n) is 6.23. The van der Waals surface area contributed by atoms with Crippen LogP contribution in [-0.4, -0.2) is 77.8 Å². The van der Waals surface area contributed by atoms with Gasteiger partial charge in [-0.05, 0) is 19.1 Å². The maximum absolute atomic E-state index is 13.2. The number of β-lactam (4-membered cyclic amide) rings is 1. The highest BCUT2D eigenvalue weighted by Gasteiger charge is 2.55. The smallest absolute Gasteiger partial charge is 0.352 e. The van der Waals surface area contributed by atoms with Crippen molar-refractivity contribution in [2.24, 2.45) is 5.16 Å². The van der Waals surface area contributed by atoms with E-state index in [2.05, 4.69) is 20.4 Å². The minimum atomic E-state index is -1.40. The van der Waals surface area contributed by atoms with E-state index in [1.54, 1.807) is 24.5 Å². The van der Waals surface area contributed by atoms with Gasteiger partial charge in [0, 0.05) is 29.7 Å². The summed E-state index contributed by atoms with van der Waals surface area (Å²) in [6, 6.07) is 6.19. The number of nitrogen functional groups attached to an aromatic ring is 1. The second-order valence-corrected chi connectivity index (χ2v) is 11.6. The van der Waals surface area contributed by atoms with Crippen molar-refractivity contribution in [2.75, 3.05) is 11.5 Å². The zero-order chi connectivity index (χ0) is 29.4. The Kier molecular flexibility index (Phi) is 7.79. The number of carboxylic acid groups (broad SMARTS) is 2. The first-order chi connectivity index (χ1) is 19.6. The molecule has 2 aliphatic rings. The number of aliphatic carboxylic acids is 2. The normalized spacial score (nSPS) is 19.4. The fraction of sp³-hybridized carbons (Fsp3) is 0.250. The maximum atomic E-state index is 13.2. The van der Waals surface area contributed by atoms with Crippen LogP contribution in [0.3, 0.4) is 0 Å². The summed E-state index contributed by atoms with van der Waals surface area (Å²) in [6.45, 7) is 1.42. The molecule has 0 bridgehead atoms. The summed E-state index contributed by atoms with van der Waals surface area (Å²) in [5.41, 5.74) is 6.94. The summed E-state index contributed by atoms with van der Waals surface area (Å²) in [7, 11) is 0. The number of carbonyl (C=O) groups excluding carboxylic acids is 2. The Bertz CT molecular complexity index is 1650. The van der Waals surface area contributed by atoms with Gasteiger partial charge in [-0.2, -0.15) is 4.57 Å². The zero-order valence-corrected chi connectivity index (χ0v) is 23.4. The molecule has 2 aliphatic heterocycles. The van der Waals surface area contributed by atoms with Gasteiger partial charge in [-0.25, -0.2) is 19.6 Å². The molecule has 1 unspecified atom stereocenters. The molecule has 1 saturated heterocycles. The third-order valence-corrected chi connectivity index (χ3v) is 8.66. The molecule has 3 atom stereocenters. The van der Waals surface area contributed by atoms with Crippen LogP contribution in [0.15, 0.2) is 53.1 Å². The van der Waals surface area contributed by atoms with E-state index in [4.69, 9.17) is 27.3 Å². The van der Waals surface area contributed by atoms with Crippen molar-refractivity contribution in [1.29, 1.82) is 0 Å². The van der Waals surface area contributed by atoms with E-state index in [0.29, 0.717) is 5.57 Å². The van der Waals surface area contributed by atoms with E-state index in [9.17, 15) is 24.3 Å². The average Bonchev–Trinajstić information content (AvgIpc) is 3.28. The van der Waals surface area contributed by atoms with Gasteiger partial charge in [0.1, 0.15) is 32.7 Å². The number of carbonyl (C=O) groups is 4.